The van der Waals surface area contributed by atoms with Gasteiger partial charge in [0.15, 0.2) is 0 Å². The fraction of sp³-hybridized carbons (Fsp3) is 0.125. The maximum absolute atomic E-state index is 5.94. The van der Waals surface area contributed by atoms with Crippen molar-refractivity contribution in [3.05, 3.63) is 28.2 Å². The molecule has 62 valence electrons. The van der Waals surface area contributed by atoms with Crippen molar-refractivity contribution in [1.29, 1.82) is 0 Å². The molecule has 0 saturated carbocycles. The van der Waals surface area contributed by atoms with Gasteiger partial charge in [-0.2, -0.15) is 5.10 Å². The first kappa shape index (κ1) is 7.83. The summed E-state index contributed by atoms with van der Waals surface area (Å²) in [6, 6.07) is 3.86. The molecule has 0 atom stereocenters. The van der Waals surface area contributed by atoms with E-state index in [1.54, 1.807) is 11.3 Å². The molecule has 2 rings (SSSR count). The summed E-state index contributed by atoms with van der Waals surface area (Å²) in [6.07, 6.45) is 0. The molecule has 0 spiro atoms. The SMILES string of the molecule is Cc1cc(-c2sccc2Cl)n[nH]1. The Kier molecular flexibility index (Phi) is 1.90. The third kappa shape index (κ3) is 1.26. The van der Waals surface area contributed by atoms with E-state index in [0.29, 0.717) is 0 Å². The van der Waals surface area contributed by atoms with Crippen molar-refractivity contribution < 1.29 is 0 Å². The highest BCUT2D eigenvalue weighted by molar-refractivity contribution is 7.14. The lowest BCUT2D eigenvalue weighted by atomic mass is 10.3. The van der Waals surface area contributed by atoms with E-state index >= 15 is 0 Å². The average molecular weight is 199 g/mol. The van der Waals surface area contributed by atoms with Gasteiger partial charge in [0.25, 0.3) is 0 Å². The van der Waals surface area contributed by atoms with Crippen LogP contribution in [0.5, 0.6) is 0 Å². The molecule has 0 fully saturated rings. The molecule has 0 radical (unpaired) electrons. The molecule has 2 aromatic heterocycles. The van der Waals surface area contributed by atoms with Crippen LogP contribution in [0.1, 0.15) is 5.69 Å². The van der Waals surface area contributed by atoms with Crippen LogP contribution in [0.2, 0.25) is 5.02 Å². The summed E-state index contributed by atoms with van der Waals surface area (Å²) in [5.41, 5.74) is 1.97. The van der Waals surface area contributed by atoms with Gasteiger partial charge in [-0.25, -0.2) is 0 Å². The number of hydrogen-bond acceptors (Lipinski definition) is 2. The maximum Gasteiger partial charge on any atom is 0.104 e. The van der Waals surface area contributed by atoms with E-state index in [2.05, 4.69) is 10.2 Å². The second-order valence-corrected chi connectivity index (χ2v) is 3.86. The predicted octanol–water partition coefficient (Wildman–Crippen LogP) is 3.10. The minimum Gasteiger partial charge on any atom is -0.282 e. The van der Waals surface area contributed by atoms with Crippen molar-refractivity contribution in [2.75, 3.05) is 0 Å². The van der Waals surface area contributed by atoms with Gasteiger partial charge in [0.2, 0.25) is 0 Å². The molecule has 0 aliphatic rings. The minimum atomic E-state index is 0.770. The van der Waals surface area contributed by atoms with Crippen molar-refractivity contribution in [2.45, 2.75) is 6.92 Å². The van der Waals surface area contributed by atoms with Crippen LogP contribution in [0.15, 0.2) is 17.5 Å². The van der Waals surface area contributed by atoms with Crippen molar-refractivity contribution in [3.8, 4) is 10.6 Å². The molecule has 0 unspecified atom stereocenters. The molecule has 2 nitrogen and oxygen atoms in total. The van der Waals surface area contributed by atoms with Gasteiger partial charge < -0.3 is 0 Å². The van der Waals surface area contributed by atoms with Gasteiger partial charge in [0.05, 0.1) is 9.90 Å². The van der Waals surface area contributed by atoms with Crippen LogP contribution in [0, 0.1) is 6.92 Å². The van der Waals surface area contributed by atoms with E-state index in [9.17, 15) is 0 Å². The Morgan fingerprint density at radius 1 is 1.58 bits per heavy atom. The molecule has 1 N–H and O–H groups in total. The fourth-order valence-electron chi connectivity index (χ4n) is 1.01. The van der Waals surface area contributed by atoms with Crippen LogP contribution in [0.3, 0.4) is 0 Å². The molecular weight excluding hydrogens is 192 g/mol. The summed E-state index contributed by atoms with van der Waals surface area (Å²) >= 11 is 7.54. The highest BCUT2D eigenvalue weighted by Crippen LogP contribution is 2.31. The van der Waals surface area contributed by atoms with E-state index < -0.39 is 0 Å². The van der Waals surface area contributed by atoms with Crippen molar-refractivity contribution in [3.63, 3.8) is 0 Å². The van der Waals surface area contributed by atoms with Crippen molar-refractivity contribution in [1.82, 2.24) is 10.2 Å². The second-order valence-electron chi connectivity index (χ2n) is 2.53. The summed E-state index contributed by atoms with van der Waals surface area (Å²) in [6.45, 7) is 1.97. The number of hydrogen-bond donors (Lipinski definition) is 1. The number of H-pyrrole nitrogens is 1. The molecule has 0 amide bonds. The molecule has 0 aromatic carbocycles. The van der Waals surface area contributed by atoms with E-state index in [4.69, 9.17) is 11.6 Å². The maximum atomic E-state index is 5.94. The Hall–Kier alpha value is -0.800. The van der Waals surface area contributed by atoms with Crippen molar-refractivity contribution >= 4 is 22.9 Å². The van der Waals surface area contributed by atoms with Gasteiger partial charge in [-0.05, 0) is 24.4 Å². The number of halogens is 1. The third-order valence-corrected chi connectivity index (χ3v) is 2.92. The van der Waals surface area contributed by atoms with Crippen LogP contribution >= 0.6 is 22.9 Å². The Morgan fingerprint density at radius 2 is 2.42 bits per heavy atom. The summed E-state index contributed by atoms with van der Waals surface area (Å²) < 4.78 is 0. The van der Waals surface area contributed by atoms with E-state index in [1.165, 1.54) is 0 Å². The first-order valence-corrected chi connectivity index (χ1v) is 4.78. The normalized spacial score (nSPS) is 10.5. The van der Waals surface area contributed by atoms with Crippen LogP contribution in [-0.4, -0.2) is 10.2 Å². The molecule has 4 heteroatoms. The summed E-state index contributed by atoms with van der Waals surface area (Å²) in [5.74, 6) is 0. The Balaban J connectivity index is 2.50. The fourth-order valence-corrected chi connectivity index (χ4v) is 2.13. The number of nitrogens with zero attached hydrogens (tertiary/aromatic N) is 1. The lowest BCUT2D eigenvalue weighted by molar-refractivity contribution is 1.05. The molecular formula is C8H7ClN2S. The van der Waals surface area contributed by atoms with Crippen LogP contribution in [-0.2, 0) is 0 Å². The van der Waals surface area contributed by atoms with E-state index in [1.807, 2.05) is 24.4 Å². The highest BCUT2D eigenvalue weighted by atomic mass is 35.5. The smallest absolute Gasteiger partial charge is 0.104 e. The number of aryl methyl sites for hydroxylation is 1. The molecule has 2 heterocycles. The van der Waals surface area contributed by atoms with Gasteiger partial charge in [0.1, 0.15) is 5.69 Å². The minimum absolute atomic E-state index is 0.770. The van der Waals surface area contributed by atoms with E-state index in [-0.39, 0.29) is 0 Å². The standard InChI is InChI=1S/C8H7ClN2S/c1-5-4-7(11-10-5)8-6(9)2-3-12-8/h2-4H,1H3,(H,10,11). The van der Waals surface area contributed by atoms with Gasteiger partial charge in [-0.15, -0.1) is 11.3 Å². The zero-order valence-corrected chi connectivity index (χ0v) is 8.04. The summed E-state index contributed by atoms with van der Waals surface area (Å²) in [5, 5.41) is 9.73. The molecule has 0 aliphatic heterocycles. The summed E-state index contributed by atoms with van der Waals surface area (Å²) in [4.78, 5) is 1.03. The number of aromatic nitrogens is 2. The first-order chi connectivity index (χ1) is 5.77. The van der Waals surface area contributed by atoms with Gasteiger partial charge in [-0.1, -0.05) is 11.6 Å². The number of rotatable bonds is 1. The zero-order chi connectivity index (χ0) is 8.55. The number of thiophene rings is 1. The third-order valence-electron chi connectivity index (χ3n) is 1.56. The quantitative estimate of drug-likeness (QED) is 0.750. The Bertz CT molecular complexity index is 391. The monoisotopic (exact) mass is 198 g/mol. The lowest BCUT2D eigenvalue weighted by Crippen LogP contribution is -1.72. The zero-order valence-electron chi connectivity index (χ0n) is 6.47. The Morgan fingerprint density at radius 3 is 2.92 bits per heavy atom. The summed E-state index contributed by atoms with van der Waals surface area (Å²) in [7, 11) is 0. The van der Waals surface area contributed by atoms with Crippen LogP contribution in [0.4, 0.5) is 0 Å². The topological polar surface area (TPSA) is 28.7 Å². The molecule has 0 saturated heterocycles. The van der Waals surface area contributed by atoms with E-state index in [0.717, 1.165) is 21.3 Å². The highest BCUT2D eigenvalue weighted by Gasteiger charge is 2.06. The largest absolute Gasteiger partial charge is 0.282 e. The Labute approximate surface area is 79.2 Å². The molecule has 0 aliphatic carbocycles. The lowest BCUT2D eigenvalue weighted by Gasteiger charge is -1.88. The number of nitrogens with one attached hydrogen (secondary N) is 1. The predicted molar refractivity (Wildman–Crippen MR) is 51.6 cm³/mol. The molecule has 2 aromatic rings. The first-order valence-electron chi connectivity index (χ1n) is 3.53. The van der Waals surface area contributed by atoms with Gasteiger partial charge >= 0.3 is 0 Å². The molecule has 12 heavy (non-hydrogen) atoms. The van der Waals surface area contributed by atoms with Crippen LogP contribution < -0.4 is 0 Å². The van der Waals surface area contributed by atoms with Crippen LogP contribution in [0.25, 0.3) is 10.6 Å². The molecule has 0 bridgehead atoms. The van der Waals surface area contributed by atoms with Gasteiger partial charge in [0, 0.05) is 5.69 Å². The average Bonchev–Trinajstić information content (AvgIpc) is 2.58. The van der Waals surface area contributed by atoms with Crippen molar-refractivity contribution in [2.24, 2.45) is 0 Å². The number of aromatic amines is 1. The van der Waals surface area contributed by atoms with Gasteiger partial charge in [-0.3, -0.25) is 5.10 Å². The second kappa shape index (κ2) is 2.92.